The Hall–Kier alpha value is -1.61. The van der Waals surface area contributed by atoms with Crippen molar-refractivity contribution in [2.45, 2.75) is 11.4 Å². The van der Waals surface area contributed by atoms with Crippen LogP contribution in [0.4, 0.5) is 5.69 Å². The van der Waals surface area contributed by atoms with Crippen LogP contribution in [0.3, 0.4) is 0 Å². The van der Waals surface area contributed by atoms with E-state index < -0.39 is 10.8 Å². The number of halogens is 1. The number of methoxy groups -OCH3 is 1. The normalized spacial score (nSPS) is 12.2. The van der Waals surface area contributed by atoms with Crippen molar-refractivity contribution in [2.24, 2.45) is 10.7 Å². The monoisotopic (exact) mass is 445 g/mol. The molecule has 2 aromatic carbocycles. The van der Waals surface area contributed by atoms with E-state index in [0.717, 1.165) is 21.9 Å². The molecule has 1 atom stereocenters. The molecule has 0 aliphatic carbocycles. The van der Waals surface area contributed by atoms with Gasteiger partial charge in [0.05, 0.1) is 13.7 Å². The Kier molecular flexibility index (Phi) is 8.04. The molecule has 0 bridgehead atoms. The van der Waals surface area contributed by atoms with Gasteiger partial charge in [-0.3, -0.25) is 4.21 Å². The lowest BCUT2D eigenvalue weighted by molar-refractivity contribution is 0.415. The van der Waals surface area contributed by atoms with Gasteiger partial charge in [0.25, 0.3) is 0 Å². The van der Waals surface area contributed by atoms with Crippen molar-refractivity contribution in [2.75, 3.05) is 18.7 Å². The lowest BCUT2D eigenvalue weighted by Crippen LogP contribution is -2.22. The highest BCUT2D eigenvalue weighted by Crippen LogP contribution is 2.14. The van der Waals surface area contributed by atoms with Gasteiger partial charge in [-0.1, -0.05) is 12.1 Å². The van der Waals surface area contributed by atoms with Crippen LogP contribution in [0.1, 0.15) is 5.56 Å². The standard InChI is InChI=1S/C16H19N3O2S.HI/c1-21-14-7-5-13(6-8-14)19-16(17)18-11-12-3-9-15(10-4-12)22(2)20;/h3-10H,11H2,1-2H3,(H3,17,18,19);1H. The number of aliphatic imine (C=N–C) groups is 1. The average Bonchev–Trinajstić information content (AvgIpc) is 2.54. The van der Waals surface area contributed by atoms with E-state index in [-0.39, 0.29) is 24.0 Å². The van der Waals surface area contributed by atoms with Crippen molar-refractivity contribution in [1.29, 1.82) is 0 Å². The topological polar surface area (TPSA) is 76.7 Å². The van der Waals surface area contributed by atoms with Crippen LogP contribution < -0.4 is 15.8 Å². The van der Waals surface area contributed by atoms with Crippen molar-refractivity contribution in [1.82, 2.24) is 0 Å². The number of nitrogens with two attached hydrogens (primary N) is 1. The van der Waals surface area contributed by atoms with Gasteiger partial charge in [0.1, 0.15) is 5.75 Å². The molecule has 0 aromatic heterocycles. The smallest absolute Gasteiger partial charge is 0.193 e. The Morgan fingerprint density at radius 3 is 2.30 bits per heavy atom. The molecule has 0 saturated carbocycles. The molecule has 0 radical (unpaired) electrons. The van der Waals surface area contributed by atoms with Crippen molar-refractivity contribution in [3.8, 4) is 5.75 Å². The number of anilines is 1. The van der Waals surface area contributed by atoms with Gasteiger partial charge in [-0.05, 0) is 42.0 Å². The molecule has 0 heterocycles. The highest BCUT2D eigenvalue weighted by atomic mass is 127. The number of benzene rings is 2. The van der Waals surface area contributed by atoms with E-state index in [1.54, 1.807) is 13.4 Å². The first-order chi connectivity index (χ1) is 10.6. The maximum Gasteiger partial charge on any atom is 0.193 e. The predicted octanol–water partition coefficient (Wildman–Crippen LogP) is 2.98. The molecule has 0 fully saturated rings. The fourth-order valence-electron chi connectivity index (χ4n) is 1.82. The van der Waals surface area contributed by atoms with E-state index in [0.29, 0.717) is 12.5 Å². The summed E-state index contributed by atoms with van der Waals surface area (Å²) in [6.07, 6.45) is 1.66. The molecule has 1 unspecified atom stereocenters. The SMILES string of the molecule is COc1ccc(NC(N)=NCc2ccc(S(C)=O)cc2)cc1.I. The van der Waals surface area contributed by atoms with Crippen LogP contribution in [0.25, 0.3) is 0 Å². The van der Waals surface area contributed by atoms with Gasteiger partial charge in [0.15, 0.2) is 5.96 Å². The minimum Gasteiger partial charge on any atom is -0.497 e. The van der Waals surface area contributed by atoms with Crippen molar-refractivity contribution in [3.63, 3.8) is 0 Å². The van der Waals surface area contributed by atoms with E-state index >= 15 is 0 Å². The van der Waals surface area contributed by atoms with Crippen LogP contribution in [0.5, 0.6) is 5.75 Å². The molecule has 23 heavy (non-hydrogen) atoms. The molecule has 2 rings (SSSR count). The molecule has 5 nitrogen and oxygen atoms in total. The van der Waals surface area contributed by atoms with Gasteiger partial charge in [0, 0.05) is 27.6 Å². The van der Waals surface area contributed by atoms with Gasteiger partial charge >= 0.3 is 0 Å². The molecule has 124 valence electrons. The third-order valence-electron chi connectivity index (χ3n) is 3.05. The first-order valence-electron chi connectivity index (χ1n) is 6.72. The molecule has 0 amide bonds. The molecule has 0 aliphatic rings. The summed E-state index contributed by atoms with van der Waals surface area (Å²) in [7, 11) is 0.660. The van der Waals surface area contributed by atoms with Crippen LogP contribution in [-0.2, 0) is 17.3 Å². The molecule has 0 saturated heterocycles. The third-order valence-corrected chi connectivity index (χ3v) is 3.99. The molecule has 0 aliphatic heterocycles. The van der Waals surface area contributed by atoms with Crippen molar-refractivity contribution in [3.05, 3.63) is 54.1 Å². The molecule has 7 heteroatoms. The summed E-state index contributed by atoms with van der Waals surface area (Å²) in [5, 5.41) is 3.02. The second-order valence-electron chi connectivity index (χ2n) is 4.65. The first-order valence-corrected chi connectivity index (χ1v) is 8.27. The summed E-state index contributed by atoms with van der Waals surface area (Å²) in [5.74, 6) is 1.13. The fraction of sp³-hybridized carbons (Fsp3) is 0.188. The van der Waals surface area contributed by atoms with E-state index in [4.69, 9.17) is 10.5 Å². The largest absolute Gasteiger partial charge is 0.497 e. The van der Waals surface area contributed by atoms with Gasteiger partial charge in [-0.15, -0.1) is 24.0 Å². The molecular weight excluding hydrogens is 425 g/mol. The summed E-state index contributed by atoms with van der Waals surface area (Å²) in [4.78, 5) is 5.09. The summed E-state index contributed by atoms with van der Waals surface area (Å²) in [6.45, 7) is 0.464. The van der Waals surface area contributed by atoms with Crippen molar-refractivity contribution >= 4 is 46.4 Å². The Morgan fingerprint density at radius 2 is 1.78 bits per heavy atom. The van der Waals surface area contributed by atoms with Gasteiger partial charge in [-0.2, -0.15) is 0 Å². The minimum atomic E-state index is -0.962. The maximum absolute atomic E-state index is 11.3. The quantitative estimate of drug-likeness (QED) is 0.422. The Bertz CT molecular complexity index is 673. The fourth-order valence-corrected chi connectivity index (χ4v) is 2.34. The van der Waals surface area contributed by atoms with Gasteiger partial charge in [-0.25, -0.2) is 4.99 Å². The van der Waals surface area contributed by atoms with Gasteiger partial charge in [0.2, 0.25) is 0 Å². The number of nitrogens with zero attached hydrogens (tertiary/aromatic N) is 1. The summed E-state index contributed by atoms with van der Waals surface area (Å²) in [6, 6.07) is 14.9. The van der Waals surface area contributed by atoms with E-state index in [2.05, 4.69) is 10.3 Å². The molecular formula is C16H20IN3O2S. The summed E-state index contributed by atoms with van der Waals surface area (Å²) >= 11 is 0. The zero-order chi connectivity index (χ0) is 15.9. The zero-order valence-electron chi connectivity index (χ0n) is 13.0. The number of nitrogens with one attached hydrogen (secondary N) is 1. The zero-order valence-corrected chi connectivity index (χ0v) is 16.1. The molecule has 3 N–H and O–H groups in total. The Balaban J connectivity index is 0.00000264. The van der Waals surface area contributed by atoms with E-state index in [9.17, 15) is 4.21 Å². The first kappa shape index (κ1) is 19.4. The van der Waals surface area contributed by atoms with Gasteiger partial charge < -0.3 is 15.8 Å². The van der Waals surface area contributed by atoms with E-state index in [1.165, 1.54) is 0 Å². The van der Waals surface area contributed by atoms with Crippen LogP contribution in [0.15, 0.2) is 58.4 Å². The lowest BCUT2D eigenvalue weighted by atomic mass is 10.2. The predicted molar refractivity (Wildman–Crippen MR) is 106 cm³/mol. The number of hydrogen-bond donors (Lipinski definition) is 2. The number of rotatable bonds is 5. The second-order valence-corrected chi connectivity index (χ2v) is 6.03. The summed E-state index contributed by atoms with van der Waals surface area (Å²) < 4.78 is 16.4. The lowest BCUT2D eigenvalue weighted by Gasteiger charge is -2.07. The van der Waals surface area contributed by atoms with Crippen LogP contribution in [0.2, 0.25) is 0 Å². The third kappa shape index (κ3) is 6.19. The number of guanidine groups is 1. The van der Waals surface area contributed by atoms with Crippen LogP contribution >= 0.6 is 24.0 Å². The van der Waals surface area contributed by atoms with Crippen LogP contribution in [0, 0.1) is 0 Å². The highest BCUT2D eigenvalue weighted by Gasteiger charge is 1.99. The Labute approximate surface area is 155 Å². The highest BCUT2D eigenvalue weighted by molar-refractivity contribution is 14.0. The van der Waals surface area contributed by atoms with Crippen LogP contribution in [-0.4, -0.2) is 23.5 Å². The van der Waals surface area contributed by atoms with Crippen molar-refractivity contribution < 1.29 is 8.95 Å². The van der Waals surface area contributed by atoms with E-state index in [1.807, 2.05) is 48.5 Å². The summed E-state index contributed by atoms with van der Waals surface area (Å²) in [5.41, 5.74) is 7.72. The second kappa shape index (κ2) is 9.51. The molecule has 2 aromatic rings. The number of ether oxygens (including phenoxy) is 1. The minimum absolute atomic E-state index is 0. The maximum atomic E-state index is 11.3. The molecule has 0 spiro atoms. The Morgan fingerprint density at radius 1 is 1.17 bits per heavy atom. The number of hydrogen-bond acceptors (Lipinski definition) is 3. The average molecular weight is 445 g/mol.